The second-order valence-electron chi connectivity index (χ2n) is 9.69. The van der Waals surface area contributed by atoms with Crippen LogP contribution in [-0.2, 0) is 0 Å². The Morgan fingerprint density at radius 1 is 1.03 bits per heavy atom. The minimum absolute atomic E-state index is 0.0578. The zero-order valence-corrected chi connectivity index (χ0v) is 18.5. The lowest BCUT2D eigenvalue weighted by Gasteiger charge is -2.49. The molecular formula is C23H36N4O3. The Labute approximate surface area is 180 Å². The molecule has 3 fully saturated rings. The fourth-order valence-corrected chi connectivity index (χ4v) is 5.32. The highest BCUT2D eigenvalue weighted by molar-refractivity contribution is 5.94. The summed E-state index contributed by atoms with van der Waals surface area (Å²) >= 11 is 0. The van der Waals surface area contributed by atoms with Gasteiger partial charge in [-0.05, 0) is 57.1 Å². The van der Waals surface area contributed by atoms with Crippen molar-refractivity contribution in [2.45, 2.75) is 44.1 Å². The Kier molecular flexibility index (Phi) is 6.32. The Balaban J connectivity index is 1.27. The number of aromatic nitrogens is 1. The summed E-state index contributed by atoms with van der Waals surface area (Å²) in [7, 11) is 3.74. The van der Waals surface area contributed by atoms with E-state index in [1.807, 2.05) is 4.90 Å². The number of β-amino-alcohol motifs (C(OH)–C–C–N with tert-alkyl or cyclic N) is 1. The van der Waals surface area contributed by atoms with Crippen LogP contribution in [-0.4, -0.2) is 96.3 Å². The normalized spacial score (nSPS) is 24.7. The number of methoxy groups -OCH3 is 1. The molecule has 1 aromatic rings. The summed E-state index contributed by atoms with van der Waals surface area (Å²) in [5.41, 5.74) is 0.378. The summed E-state index contributed by atoms with van der Waals surface area (Å²) in [5.74, 6) is 0.581. The van der Waals surface area contributed by atoms with Crippen molar-refractivity contribution in [3.63, 3.8) is 0 Å². The first-order valence-corrected chi connectivity index (χ1v) is 11.3. The topological polar surface area (TPSA) is 69.1 Å². The van der Waals surface area contributed by atoms with E-state index in [0.717, 1.165) is 84.3 Å². The zero-order valence-electron chi connectivity index (χ0n) is 18.5. The molecule has 0 radical (unpaired) electrons. The Morgan fingerprint density at radius 3 is 2.27 bits per heavy atom. The number of nitrogens with zero attached hydrogens (tertiary/aromatic N) is 4. The number of hydrogen-bond donors (Lipinski definition) is 1. The van der Waals surface area contributed by atoms with Gasteiger partial charge in [-0.25, -0.2) is 4.98 Å². The number of piperazine rings is 1. The average Bonchev–Trinajstić information content (AvgIpc) is 2.78. The molecule has 7 nitrogen and oxygen atoms in total. The van der Waals surface area contributed by atoms with Crippen LogP contribution in [0.1, 0.15) is 48.9 Å². The van der Waals surface area contributed by atoms with Gasteiger partial charge in [0.2, 0.25) is 5.88 Å². The number of carbonyl (C=O) groups is 1. The summed E-state index contributed by atoms with van der Waals surface area (Å²) in [5, 5.41) is 11.2. The lowest BCUT2D eigenvalue weighted by molar-refractivity contribution is -0.0718. The highest BCUT2D eigenvalue weighted by Crippen LogP contribution is 2.47. The van der Waals surface area contributed by atoms with Gasteiger partial charge in [0.25, 0.3) is 5.91 Å². The van der Waals surface area contributed by atoms with E-state index in [4.69, 9.17) is 4.74 Å². The van der Waals surface area contributed by atoms with E-state index in [9.17, 15) is 9.90 Å². The molecule has 30 heavy (non-hydrogen) atoms. The molecule has 0 bridgehead atoms. The van der Waals surface area contributed by atoms with Gasteiger partial charge in [0.1, 0.15) is 0 Å². The quantitative estimate of drug-likeness (QED) is 0.808. The second-order valence-corrected chi connectivity index (χ2v) is 9.69. The minimum Gasteiger partial charge on any atom is -0.481 e. The van der Waals surface area contributed by atoms with Gasteiger partial charge in [0, 0.05) is 58.1 Å². The number of amides is 1. The molecule has 1 saturated carbocycles. The van der Waals surface area contributed by atoms with Crippen molar-refractivity contribution in [2.24, 2.45) is 5.41 Å². The molecule has 1 aromatic heterocycles. The summed E-state index contributed by atoms with van der Waals surface area (Å²) in [6.45, 7) is 6.69. The van der Waals surface area contributed by atoms with Gasteiger partial charge in [-0.2, -0.15) is 0 Å². The molecule has 0 atom stereocenters. The largest absolute Gasteiger partial charge is 0.481 e. The first kappa shape index (κ1) is 21.5. The van der Waals surface area contributed by atoms with Crippen LogP contribution in [0.3, 0.4) is 0 Å². The van der Waals surface area contributed by atoms with Crippen LogP contribution in [0, 0.1) is 5.41 Å². The van der Waals surface area contributed by atoms with E-state index in [2.05, 4.69) is 21.8 Å². The first-order valence-electron chi connectivity index (χ1n) is 11.3. The maximum Gasteiger partial charge on any atom is 0.255 e. The number of carbonyl (C=O) groups excluding carboxylic acids is 1. The summed E-state index contributed by atoms with van der Waals surface area (Å²) < 4.78 is 5.08. The molecule has 1 N–H and O–H groups in total. The van der Waals surface area contributed by atoms with Gasteiger partial charge >= 0.3 is 0 Å². The average molecular weight is 417 g/mol. The number of likely N-dealkylation sites (N-methyl/N-ethyl adjacent to an activating group) is 1. The summed E-state index contributed by atoms with van der Waals surface area (Å²) in [6.07, 6.45) is 7.59. The Hall–Kier alpha value is -1.70. The number of hydrogen-bond acceptors (Lipinski definition) is 6. The standard InChI is InChI=1S/C23H36N4O3/c1-25-13-15-26(16-14-25)18-23(29)7-5-22(6-8-23)9-11-27(12-10-22)21(28)19-3-4-20(30-2)24-17-19/h3-4,17,29H,5-16,18H2,1-2H3. The van der Waals surface area contributed by atoms with Crippen LogP contribution in [0.2, 0.25) is 0 Å². The molecule has 2 aliphatic heterocycles. The van der Waals surface area contributed by atoms with E-state index >= 15 is 0 Å². The Morgan fingerprint density at radius 2 is 1.70 bits per heavy atom. The van der Waals surface area contributed by atoms with E-state index in [0.29, 0.717) is 16.9 Å². The predicted octanol–water partition coefficient (Wildman–Crippen LogP) is 1.87. The van der Waals surface area contributed by atoms with Gasteiger partial charge in [-0.3, -0.25) is 9.69 Å². The third kappa shape index (κ3) is 4.79. The van der Waals surface area contributed by atoms with E-state index < -0.39 is 5.60 Å². The van der Waals surface area contributed by atoms with Crippen LogP contribution in [0.25, 0.3) is 0 Å². The van der Waals surface area contributed by atoms with Crippen LogP contribution < -0.4 is 4.74 Å². The number of likely N-dealkylation sites (tertiary alicyclic amines) is 1. The molecular weight excluding hydrogens is 380 g/mol. The molecule has 2 saturated heterocycles. The fourth-order valence-electron chi connectivity index (χ4n) is 5.32. The highest BCUT2D eigenvalue weighted by Gasteiger charge is 2.44. The van der Waals surface area contributed by atoms with Gasteiger partial charge in [-0.1, -0.05) is 0 Å². The van der Waals surface area contributed by atoms with Crippen molar-refractivity contribution in [2.75, 3.05) is 60.0 Å². The van der Waals surface area contributed by atoms with Crippen LogP contribution in [0.5, 0.6) is 5.88 Å². The molecule has 1 amide bonds. The van der Waals surface area contributed by atoms with Gasteiger partial charge < -0.3 is 19.6 Å². The molecule has 1 aliphatic carbocycles. The smallest absolute Gasteiger partial charge is 0.255 e. The highest BCUT2D eigenvalue weighted by atomic mass is 16.5. The maximum absolute atomic E-state index is 12.8. The van der Waals surface area contributed by atoms with Crippen molar-refractivity contribution < 1.29 is 14.6 Å². The number of piperidine rings is 1. The SMILES string of the molecule is COc1ccc(C(=O)N2CCC3(CC2)CCC(O)(CN2CCN(C)CC2)CC3)cn1. The third-order valence-electron chi connectivity index (χ3n) is 7.66. The minimum atomic E-state index is -0.539. The summed E-state index contributed by atoms with van der Waals surface area (Å²) in [4.78, 5) is 23.7. The zero-order chi connectivity index (χ0) is 21.2. The van der Waals surface area contributed by atoms with Crippen molar-refractivity contribution in [1.29, 1.82) is 0 Å². The maximum atomic E-state index is 12.8. The molecule has 4 rings (SSSR count). The number of ether oxygens (including phenoxy) is 1. The van der Waals surface area contributed by atoms with E-state index in [1.54, 1.807) is 25.4 Å². The lowest BCUT2D eigenvalue weighted by atomic mass is 9.64. The van der Waals surface area contributed by atoms with Crippen LogP contribution in [0.4, 0.5) is 0 Å². The first-order chi connectivity index (χ1) is 14.4. The molecule has 166 valence electrons. The molecule has 3 heterocycles. The third-order valence-corrected chi connectivity index (χ3v) is 7.66. The second kappa shape index (κ2) is 8.81. The monoisotopic (exact) mass is 416 g/mol. The Bertz CT molecular complexity index is 712. The lowest BCUT2D eigenvalue weighted by Crippen LogP contribution is -2.54. The van der Waals surface area contributed by atoms with E-state index in [1.165, 1.54) is 0 Å². The fraction of sp³-hybridized carbons (Fsp3) is 0.739. The van der Waals surface area contributed by atoms with Crippen molar-refractivity contribution in [1.82, 2.24) is 19.7 Å². The molecule has 0 unspecified atom stereocenters. The molecule has 3 aliphatic rings. The molecule has 7 heteroatoms. The van der Waals surface area contributed by atoms with Crippen LogP contribution >= 0.6 is 0 Å². The number of aliphatic hydroxyl groups is 1. The predicted molar refractivity (Wildman–Crippen MR) is 116 cm³/mol. The van der Waals surface area contributed by atoms with Crippen molar-refractivity contribution in [3.05, 3.63) is 23.9 Å². The molecule has 1 spiro atoms. The van der Waals surface area contributed by atoms with Crippen LogP contribution in [0.15, 0.2) is 18.3 Å². The van der Waals surface area contributed by atoms with Gasteiger partial charge in [0.15, 0.2) is 0 Å². The van der Waals surface area contributed by atoms with Gasteiger partial charge in [-0.15, -0.1) is 0 Å². The van der Waals surface area contributed by atoms with Crippen molar-refractivity contribution >= 4 is 5.91 Å². The number of rotatable bonds is 4. The summed E-state index contributed by atoms with van der Waals surface area (Å²) in [6, 6.07) is 3.53. The van der Waals surface area contributed by atoms with Crippen molar-refractivity contribution in [3.8, 4) is 5.88 Å². The molecule has 0 aromatic carbocycles. The number of pyridine rings is 1. The van der Waals surface area contributed by atoms with Gasteiger partial charge in [0.05, 0.1) is 18.3 Å². The van der Waals surface area contributed by atoms with E-state index in [-0.39, 0.29) is 5.91 Å².